The molecule has 1 aliphatic rings. The van der Waals surface area contributed by atoms with Crippen molar-refractivity contribution in [1.82, 2.24) is 18.7 Å². The van der Waals surface area contributed by atoms with Gasteiger partial charge < -0.3 is 4.74 Å². The Morgan fingerprint density at radius 2 is 1.25 bits per heavy atom. The molecule has 0 fully saturated rings. The molecule has 2 aromatic heterocycles. The molecule has 5 aromatic carbocycles. The van der Waals surface area contributed by atoms with E-state index in [1.165, 1.54) is 22.3 Å². The average Bonchev–Trinajstić information content (AvgIpc) is 3.72. The van der Waals surface area contributed by atoms with Crippen LogP contribution in [-0.4, -0.2) is 15.6 Å². The minimum absolute atomic E-state index is 0.0304. The molecule has 3 heterocycles. The average molecular weight is 778 g/mol. The first kappa shape index (κ1) is 39.5. The van der Waals surface area contributed by atoms with Crippen LogP contribution in [0.5, 0.6) is 11.5 Å². The lowest BCUT2D eigenvalue weighted by Gasteiger charge is -2.25. The van der Waals surface area contributed by atoms with E-state index in [1.807, 2.05) is 42.6 Å². The van der Waals surface area contributed by atoms with Crippen LogP contribution in [-0.2, 0) is 21.7 Å². The highest BCUT2D eigenvalue weighted by Gasteiger charge is 2.42. The molecule has 0 saturated heterocycles. The third-order valence-corrected chi connectivity index (χ3v) is 11.4. The smallest absolute Gasteiger partial charge is 0.457 e. The Kier molecular flexibility index (Phi) is 9.34. The van der Waals surface area contributed by atoms with Gasteiger partial charge in [0.05, 0.1) is 28.7 Å². The number of hydrogen-bond acceptors (Lipinski definition) is 3. The fourth-order valence-electron chi connectivity index (χ4n) is 7.96. The lowest BCUT2D eigenvalue weighted by Crippen LogP contribution is -2.18. The molecule has 0 aliphatic carbocycles. The molecular weight excluding hydrogens is 723 g/mol. The van der Waals surface area contributed by atoms with E-state index in [0.717, 1.165) is 50.4 Å². The van der Waals surface area contributed by atoms with Crippen LogP contribution in [0.25, 0.3) is 27.6 Å². The highest BCUT2D eigenvalue weighted by Crippen LogP contribution is 2.45. The van der Waals surface area contributed by atoms with Crippen LogP contribution in [0.1, 0.15) is 111 Å². The standard InChI is InChI=1S/C53H55N5O/c1-50(2,3)35-23-24-55-48(29-35)58-45-22-19-34(32-54)25-43(45)42-21-20-41(31-47(42)58)59-40-16-13-15-38(30-40)56-33-57(49-44(53(10,11)12)17-14-18-46(49)56)39-27-36(51(4,5)6)26-37(28-39)52(7,8)9/h13-31H,1-12H3/q+2. The summed E-state index contributed by atoms with van der Waals surface area (Å²) in [5.74, 6) is 2.23. The van der Waals surface area contributed by atoms with Crippen molar-refractivity contribution in [2.24, 2.45) is 0 Å². The van der Waals surface area contributed by atoms with Crippen LogP contribution in [0.3, 0.4) is 0 Å². The summed E-state index contributed by atoms with van der Waals surface area (Å²) in [7, 11) is 0. The molecular formula is C53H55N5O+2. The van der Waals surface area contributed by atoms with Gasteiger partial charge in [0.15, 0.2) is 0 Å². The molecule has 1 aliphatic heterocycles. The second-order valence-corrected chi connectivity index (χ2v) is 20.1. The number of pyridine rings is 1. The van der Waals surface area contributed by atoms with E-state index < -0.39 is 0 Å². The Labute approximate surface area is 349 Å². The Bertz CT molecular complexity index is 2910. The van der Waals surface area contributed by atoms with Gasteiger partial charge in [-0.15, -0.1) is 0 Å². The van der Waals surface area contributed by atoms with Gasteiger partial charge in [-0.05, 0) is 96.0 Å². The van der Waals surface area contributed by atoms with Gasteiger partial charge in [-0.3, -0.25) is 4.57 Å². The molecule has 6 heteroatoms. The number of fused-ring (bicyclic) bond motifs is 4. The molecule has 0 unspecified atom stereocenters. The second kappa shape index (κ2) is 13.9. The maximum Gasteiger partial charge on any atom is 0.503 e. The molecule has 0 atom stereocenters. The number of para-hydroxylation sites is 1. The van der Waals surface area contributed by atoms with Gasteiger partial charge in [0.1, 0.15) is 17.3 Å². The molecule has 0 spiro atoms. The Morgan fingerprint density at radius 3 is 1.92 bits per heavy atom. The number of hydrogen-bond donors (Lipinski definition) is 0. The number of benzene rings is 5. The number of ether oxygens (including phenoxy) is 1. The summed E-state index contributed by atoms with van der Waals surface area (Å²) >= 11 is 0. The van der Waals surface area contributed by atoms with Gasteiger partial charge in [0.2, 0.25) is 11.4 Å². The van der Waals surface area contributed by atoms with E-state index in [9.17, 15) is 5.26 Å². The van der Waals surface area contributed by atoms with Crippen LogP contribution in [0, 0.1) is 11.3 Å². The SMILES string of the molecule is CC(C)(C)c1cc([N+]2=C=[N+](c3cccc(Oc4ccc5c6cc(C#N)ccc6n(-c6cc(C(C)(C)C)ccn6)c5c4)c3)c3cccc(C(C)(C)C)c32)cc(C(C)(C)C)c1. The summed E-state index contributed by atoms with van der Waals surface area (Å²) in [5.41, 5.74) is 11.6. The highest BCUT2D eigenvalue weighted by molar-refractivity contribution is 6.10. The Morgan fingerprint density at radius 1 is 0.576 bits per heavy atom. The van der Waals surface area contributed by atoms with Crippen LogP contribution in [0.2, 0.25) is 0 Å². The van der Waals surface area contributed by atoms with Crippen molar-refractivity contribution < 1.29 is 4.74 Å². The lowest BCUT2D eigenvalue weighted by molar-refractivity contribution is 0.483. The van der Waals surface area contributed by atoms with Crippen molar-refractivity contribution in [3.05, 3.63) is 143 Å². The quantitative estimate of drug-likeness (QED) is 0.164. The molecule has 0 radical (unpaired) electrons. The normalized spacial score (nSPS) is 13.3. The van der Waals surface area contributed by atoms with E-state index in [2.05, 4.69) is 182 Å². The first-order valence-corrected chi connectivity index (χ1v) is 20.6. The topological polar surface area (TPSA) is 56.9 Å². The van der Waals surface area contributed by atoms with E-state index in [4.69, 9.17) is 9.72 Å². The predicted molar refractivity (Wildman–Crippen MR) is 245 cm³/mol. The monoisotopic (exact) mass is 777 g/mol. The molecule has 0 amide bonds. The molecule has 8 rings (SSSR count). The third-order valence-electron chi connectivity index (χ3n) is 11.4. The number of nitriles is 1. The van der Waals surface area contributed by atoms with Crippen LogP contribution in [0.15, 0.2) is 115 Å². The number of nitrogens with zero attached hydrogens (tertiary/aromatic N) is 5. The maximum atomic E-state index is 9.78. The Balaban J connectivity index is 1.27. The van der Waals surface area contributed by atoms with Crippen molar-refractivity contribution in [3.8, 4) is 23.4 Å². The van der Waals surface area contributed by atoms with Crippen LogP contribution < -0.4 is 13.9 Å². The van der Waals surface area contributed by atoms with Gasteiger partial charge in [-0.2, -0.15) is 5.26 Å². The molecule has 0 bridgehead atoms. The molecule has 59 heavy (non-hydrogen) atoms. The minimum Gasteiger partial charge on any atom is -0.457 e. The van der Waals surface area contributed by atoms with Crippen LogP contribution in [0.4, 0.5) is 22.7 Å². The van der Waals surface area contributed by atoms with E-state index in [-0.39, 0.29) is 21.7 Å². The summed E-state index contributed by atoms with van der Waals surface area (Å²) in [6, 6.07) is 44.3. The van der Waals surface area contributed by atoms with Crippen LogP contribution >= 0.6 is 0 Å². The van der Waals surface area contributed by atoms with Gasteiger partial charge >= 0.3 is 11.7 Å². The van der Waals surface area contributed by atoms with Gasteiger partial charge in [0, 0.05) is 52.9 Å². The van der Waals surface area contributed by atoms with Gasteiger partial charge in [-0.25, -0.2) is 4.98 Å². The summed E-state index contributed by atoms with van der Waals surface area (Å²) in [4.78, 5) is 4.85. The third kappa shape index (κ3) is 7.37. The predicted octanol–water partition coefficient (Wildman–Crippen LogP) is 13.9. The Hall–Kier alpha value is -6.28. The number of rotatable bonds is 5. The molecule has 0 saturated carbocycles. The molecule has 0 N–H and O–H groups in total. The van der Waals surface area contributed by atoms with Crippen molar-refractivity contribution >= 4 is 50.6 Å². The van der Waals surface area contributed by atoms with E-state index in [0.29, 0.717) is 17.1 Å². The zero-order valence-electron chi connectivity index (χ0n) is 36.6. The van der Waals surface area contributed by atoms with Crippen molar-refractivity contribution in [2.75, 3.05) is 0 Å². The van der Waals surface area contributed by atoms with E-state index in [1.54, 1.807) is 0 Å². The largest absolute Gasteiger partial charge is 0.503 e. The van der Waals surface area contributed by atoms with Crippen molar-refractivity contribution in [3.63, 3.8) is 0 Å². The summed E-state index contributed by atoms with van der Waals surface area (Å²) in [6.45, 7) is 27.2. The first-order valence-electron chi connectivity index (χ1n) is 20.6. The summed E-state index contributed by atoms with van der Waals surface area (Å²) in [6.07, 6.45) is 1.88. The van der Waals surface area contributed by atoms with Crippen molar-refractivity contribution in [2.45, 2.75) is 105 Å². The molecule has 6 nitrogen and oxygen atoms in total. The maximum absolute atomic E-state index is 9.78. The summed E-state index contributed by atoms with van der Waals surface area (Å²) < 4.78 is 13.3. The fourth-order valence-corrected chi connectivity index (χ4v) is 7.96. The van der Waals surface area contributed by atoms with Gasteiger partial charge in [-0.1, -0.05) is 107 Å². The van der Waals surface area contributed by atoms with E-state index >= 15 is 0 Å². The zero-order valence-corrected chi connectivity index (χ0v) is 36.6. The zero-order chi connectivity index (χ0) is 42.2. The fraction of sp³-hybridized carbons (Fsp3) is 0.302. The summed E-state index contributed by atoms with van der Waals surface area (Å²) in [5, 5.41) is 11.8. The second-order valence-electron chi connectivity index (χ2n) is 20.1. The number of aromatic nitrogens is 2. The van der Waals surface area contributed by atoms with Gasteiger partial charge in [0.25, 0.3) is 5.69 Å². The molecule has 7 aromatic rings. The first-order chi connectivity index (χ1) is 27.7. The lowest BCUT2D eigenvalue weighted by atomic mass is 9.80. The molecule has 296 valence electrons. The van der Waals surface area contributed by atoms with Crippen molar-refractivity contribution in [1.29, 1.82) is 5.26 Å². The highest BCUT2D eigenvalue weighted by atomic mass is 16.5. The minimum atomic E-state index is -0.110.